The number of aliphatic hydroxyl groups excluding tert-OH is 1. The maximum Gasteiger partial charge on any atom is 0.119 e. The van der Waals surface area contributed by atoms with E-state index in [1.54, 1.807) is 11.3 Å². The van der Waals surface area contributed by atoms with Crippen molar-refractivity contribution < 1.29 is 9.84 Å². The van der Waals surface area contributed by atoms with Crippen molar-refractivity contribution in [1.82, 2.24) is 0 Å². The Morgan fingerprint density at radius 2 is 1.78 bits per heavy atom. The molecule has 1 aromatic carbocycles. The minimum absolute atomic E-state index is 0.167. The zero-order valence-electron chi connectivity index (χ0n) is 10.9. The lowest BCUT2D eigenvalue weighted by Gasteiger charge is -2.12. The summed E-state index contributed by atoms with van der Waals surface area (Å²) in [5, 5.41) is 12.2. The first-order valence-corrected chi connectivity index (χ1v) is 6.94. The van der Waals surface area contributed by atoms with Crippen LogP contribution >= 0.6 is 11.3 Å². The standard InChI is InChI=1S/C15H18O2S/c1-10(2)17-14-6-4-12(5-7-14)15(16)13-8-11(3)18-9-13/h4-10,15-16H,1-3H3. The van der Waals surface area contributed by atoms with Crippen LogP contribution in [0.5, 0.6) is 5.75 Å². The molecule has 2 rings (SSSR count). The van der Waals surface area contributed by atoms with E-state index < -0.39 is 6.10 Å². The second-order valence-electron chi connectivity index (χ2n) is 4.63. The minimum atomic E-state index is -0.553. The van der Waals surface area contributed by atoms with Gasteiger partial charge in [0.25, 0.3) is 0 Å². The van der Waals surface area contributed by atoms with Crippen molar-refractivity contribution in [1.29, 1.82) is 0 Å². The van der Waals surface area contributed by atoms with Gasteiger partial charge in [-0.15, -0.1) is 11.3 Å². The van der Waals surface area contributed by atoms with Crippen LogP contribution in [0.15, 0.2) is 35.7 Å². The Bertz CT molecular complexity index is 499. The second-order valence-corrected chi connectivity index (χ2v) is 5.74. The lowest BCUT2D eigenvalue weighted by Crippen LogP contribution is -2.05. The number of hydrogen-bond donors (Lipinski definition) is 1. The summed E-state index contributed by atoms with van der Waals surface area (Å²) in [6.45, 7) is 6.04. The summed E-state index contributed by atoms with van der Waals surface area (Å²) >= 11 is 1.65. The van der Waals surface area contributed by atoms with Gasteiger partial charge in [-0.25, -0.2) is 0 Å². The minimum Gasteiger partial charge on any atom is -0.491 e. The first kappa shape index (κ1) is 13.1. The van der Waals surface area contributed by atoms with Crippen molar-refractivity contribution in [2.75, 3.05) is 0 Å². The van der Waals surface area contributed by atoms with Gasteiger partial charge in [-0.05, 0) is 55.5 Å². The lowest BCUT2D eigenvalue weighted by molar-refractivity contribution is 0.220. The predicted molar refractivity (Wildman–Crippen MR) is 75.3 cm³/mol. The van der Waals surface area contributed by atoms with Crippen LogP contribution in [-0.4, -0.2) is 11.2 Å². The maximum absolute atomic E-state index is 10.2. The molecule has 0 fully saturated rings. The third kappa shape index (κ3) is 3.12. The fraction of sp³-hybridized carbons (Fsp3) is 0.333. The van der Waals surface area contributed by atoms with Crippen LogP contribution in [-0.2, 0) is 0 Å². The van der Waals surface area contributed by atoms with Crippen LogP contribution in [0.2, 0.25) is 0 Å². The van der Waals surface area contributed by atoms with Crippen molar-refractivity contribution in [3.63, 3.8) is 0 Å². The van der Waals surface area contributed by atoms with Gasteiger partial charge in [0.1, 0.15) is 11.9 Å². The predicted octanol–water partition coefficient (Wildman–Crippen LogP) is 3.93. The lowest BCUT2D eigenvalue weighted by atomic mass is 10.0. The van der Waals surface area contributed by atoms with E-state index in [2.05, 4.69) is 0 Å². The average Bonchev–Trinajstić information content (AvgIpc) is 2.75. The van der Waals surface area contributed by atoms with Gasteiger partial charge in [-0.1, -0.05) is 12.1 Å². The molecule has 0 aliphatic rings. The van der Waals surface area contributed by atoms with E-state index in [1.165, 1.54) is 4.88 Å². The quantitative estimate of drug-likeness (QED) is 0.904. The molecule has 1 heterocycles. The molecule has 1 unspecified atom stereocenters. The Labute approximate surface area is 112 Å². The summed E-state index contributed by atoms with van der Waals surface area (Å²) in [6.07, 6.45) is -0.386. The molecule has 1 aromatic heterocycles. The second kappa shape index (κ2) is 5.55. The Morgan fingerprint density at radius 1 is 1.11 bits per heavy atom. The molecule has 2 nitrogen and oxygen atoms in total. The van der Waals surface area contributed by atoms with E-state index in [4.69, 9.17) is 4.74 Å². The molecule has 18 heavy (non-hydrogen) atoms. The summed E-state index contributed by atoms with van der Waals surface area (Å²) in [5.41, 5.74) is 1.85. The maximum atomic E-state index is 10.2. The van der Waals surface area contributed by atoms with Gasteiger partial charge >= 0.3 is 0 Å². The van der Waals surface area contributed by atoms with Gasteiger partial charge in [-0.3, -0.25) is 0 Å². The Hall–Kier alpha value is -1.32. The van der Waals surface area contributed by atoms with Crippen molar-refractivity contribution in [2.45, 2.75) is 33.0 Å². The van der Waals surface area contributed by atoms with Crippen molar-refractivity contribution in [3.05, 3.63) is 51.7 Å². The van der Waals surface area contributed by atoms with Crippen molar-refractivity contribution in [2.24, 2.45) is 0 Å². The number of thiophene rings is 1. The molecule has 0 bridgehead atoms. The molecule has 0 radical (unpaired) electrons. The van der Waals surface area contributed by atoms with E-state index in [-0.39, 0.29) is 6.10 Å². The van der Waals surface area contributed by atoms with E-state index >= 15 is 0 Å². The molecule has 0 saturated carbocycles. The van der Waals surface area contributed by atoms with Gasteiger partial charge in [-0.2, -0.15) is 0 Å². The van der Waals surface area contributed by atoms with Crippen LogP contribution in [0.4, 0.5) is 0 Å². The van der Waals surface area contributed by atoms with Crippen LogP contribution < -0.4 is 4.74 Å². The highest BCUT2D eigenvalue weighted by Gasteiger charge is 2.11. The van der Waals surface area contributed by atoms with Crippen molar-refractivity contribution in [3.8, 4) is 5.75 Å². The van der Waals surface area contributed by atoms with Gasteiger partial charge < -0.3 is 9.84 Å². The third-order valence-corrected chi connectivity index (χ3v) is 3.51. The number of aryl methyl sites for hydroxylation is 1. The summed E-state index contributed by atoms with van der Waals surface area (Å²) in [7, 11) is 0. The zero-order valence-corrected chi connectivity index (χ0v) is 11.7. The van der Waals surface area contributed by atoms with Crippen LogP contribution in [0.1, 0.15) is 36.0 Å². The van der Waals surface area contributed by atoms with E-state index in [1.807, 2.05) is 56.5 Å². The van der Waals surface area contributed by atoms with Gasteiger partial charge in [0, 0.05) is 4.88 Å². The fourth-order valence-electron chi connectivity index (χ4n) is 1.80. The number of ether oxygens (including phenoxy) is 1. The van der Waals surface area contributed by atoms with Gasteiger partial charge in [0.2, 0.25) is 0 Å². The highest BCUT2D eigenvalue weighted by Crippen LogP contribution is 2.27. The fourth-order valence-corrected chi connectivity index (χ4v) is 2.52. The van der Waals surface area contributed by atoms with Crippen LogP contribution in [0.3, 0.4) is 0 Å². The molecule has 96 valence electrons. The number of hydrogen-bond acceptors (Lipinski definition) is 3. The van der Waals surface area contributed by atoms with Crippen LogP contribution in [0, 0.1) is 6.92 Å². The number of aliphatic hydroxyl groups is 1. The molecule has 0 amide bonds. The summed E-state index contributed by atoms with van der Waals surface area (Å²) in [5.74, 6) is 0.836. The third-order valence-electron chi connectivity index (χ3n) is 2.63. The Balaban J connectivity index is 2.14. The molecule has 0 saturated heterocycles. The highest BCUT2D eigenvalue weighted by atomic mass is 32.1. The molecule has 2 aromatic rings. The molecule has 3 heteroatoms. The van der Waals surface area contributed by atoms with Crippen LogP contribution in [0.25, 0.3) is 0 Å². The topological polar surface area (TPSA) is 29.5 Å². The van der Waals surface area contributed by atoms with E-state index in [0.717, 1.165) is 16.9 Å². The van der Waals surface area contributed by atoms with E-state index in [0.29, 0.717) is 0 Å². The summed E-state index contributed by atoms with van der Waals surface area (Å²) < 4.78 is 5.58. The summed E-state index contributed by atoms with van der Waals surface area (Å²) in [6, 6.07) is 9.65. The molecule has 0 aliphatic heterocycles. The average molecular weight is 262 g/mol. The Kier molecular flexibility index (Phi) is 4.04. The molecule has 0 aliphatic carbocycles. The molecular formula is C15H18O2S. The molecular weight excluding hydrogens is 244 g/mol. The molecule has 1 N–H and O–H groups in total. The Morgan fingerprint density at radius 3 is 2.28 bits per heavy atom. The molecule has 1 atom stereocenters. The number of rotatable bonds is 4. The largest absolute Gasteiger partial charge is 0.491 e. The van der Waals surface area contributed by atoms with Crippen molar-refractivity contribution >= 4 is 11.3 Å². The SMILES string of the molecule is Cc1cc(C(O)c2ccc(OC(C)C)cc2)cs1. The van der Waals surface area contributed by atoms with Gasteiger partial charge in [0.05, 0.1) is 6.10 Å². The summed E-state index contributed by atoms with van der Waals surface area (Å²) in [4.78, 5) is 1.21. The van der Waals surface area contributed by atoms with E-state index in [9.17, 15) is 5.11 Å². The first-order valence-electron chi connectivity index (χ1n) is 6.06. The monoisotopic (exact) mass is 262 g/mol. The number of benzene rings is 1. The smallest absolute Gasteiger partial charge is 0.119 e. The zero-order chi connectivity index (χ0) is 13.1. The molecule has 0 spiro atoms. The highest BCUT2D eigenvalue weighted by molar-refractivity contribution is 7.10. The van der Waals surface area contributed by atoms with Gasteiger partial charge in [0.15, 0.2) is 0 Å². The normalized spacial score (nSPS) is 12.7. The first-order chi connectivity index (χ1) is 8.56.